The number of hydrogen-bond acceptors (Lipinski definition) is 5. The zero-order valence-corrected chi connectivity index (χ0v) is 12.9. The van der Waals surface area contributed by atoms with Gasteiger partial charge in [0.1, 0.15) is 17.5 Å². The molecule has 0 unspecified atom stereocenters. The molecule has 20 heavy (non-hydrogen) atoms. The van der Waals surface area contributed by atoms with Crippen LogP contribution in [-0.4, -0.2) is 9.97 Å². The Balaban J connectivity index is 1.93. The summed E-state index contributed by atoms with van der Waals surface area (Å²) in [6.45, 7) is 0. The zero-order valence-electron chi connectivity index (χ0n) is 10.5. The Morgan fingerprint density at radius 3 is 2.65 bits per heavy atom. The van der Waals surface area contributed by atoms with Crippen molar-refractivity contribution >= 4 is 44.9 Å². The van der Waals surface area contributed by atoms with E-state index in [1.165, 1.54) is 0 Å². The molecule has 0 bridgehead atoms. The third kappa shape index (κ3) is 3.03. The van der Waals surface area contributed by atoms with Gasteiger partial charge in [0.2, 0.25) is 0 Å². The molecule has 0 radical (unpaired) electrons. The van der Waals surface area contributed by atoms with Crippen LogP contribution in [0, 0.1) is 0 Å². The molecule has 1 aromatic carbocycles. The second-order valence-corrected chi connectivity index (χ2v) is 5.96. The topological polar surface area (TPSA) is 75.9 Å². The van der Waals surface area contributed by atoms with Crippen LogP contribution in [0.5, 0.6) is 0 Å². The van der Waals surface area contributed by atoms with Gasteiger partial charge >= 0.3 is 0 Å². The number of benzene rings is 1. The van der Waals surface area contributed by atoms with Gasteiger partial charge in [-0.1, -0.05) is 11.6 Å². The van der Waals surface area contributed by atoms with Crippen LogP contribution in [0.3, 0.4) is 0 Å². The van der Waals surface area contributed by atoms with Crippen molar-refractivity contribution in [3.8, 4) is 0 Å². The Morgan fingerprint density at radius 1 is 1.20 bits per heavy atom. The smallest absolute Gasteiger partial charge is 0.145 e. The van der Waals surface area contributed by atoms with E-state index in [2.05, 4.69) is 36.6 Å². The molecule has 0 atom stereocenters. The number of halogens is 2. The quantitative estimate of drug-likeness (QED) is 0.575. The number of nitrogens with zero attached hydrogens (tertiary/aromatic N) is 2. The van der Waals surface area contributed by atoms with E-state index in [1.807, 2.05) is 18.2 Å². The van der Waals surface area contributed by atoms with Crippen molar-refractivity contribution in [1.82, 2.24) is 9.97 Å². The fraction of sp³-hybridized carbons (Fsp3) is 0.231. The van der Waals surface area contributed by atoms with Gasteiger partial charge in [0.05, 0.1) is 5.69 Å². The molecule has 2 aromatic rings. The Morgan fingerprint density at radius 2 is 1.95 bits per heavy atom. The van der Waals surface area contributed by atoms with E-state index in [4.69, 9.17) is 17.4 Å². The van der Waals surface area contributed by atoms with Gasteiger partial charge in [-0.15, -0.1) is 0 Å². The van der Waals surface area contributed by atoms with Crippen molar-refractivity contribution in [3.63, 3.8) is 0 Å². The van der Waals surface area contributed by atoms with Gasteiger partial charge in [-0.25, -0.2) is 15.8 Å². The van der Waals surface area contributed by atoms with Crippen molar-refractivity contribution < 1.29 is 0 Å². The number of nitrogens with one attached hydrogen (secondary N) is 2. The summed E-state index contributed by atoms with van der Waals surface area (Å²) in [5.41, 5.74) is 3.42. The third-order valence-corrected chi connectivity index (χ3v) is 3.95. The summed E-state index contributed by atoms with van der Waals surface area (Å²) >= 11 is 9.49. The number of aromatic nitrogens is 2. The summed E-state index contributed by atoms with van der Waals surface area (Å²) in [6, 6.07) is 7.30. The Bertz CT molecular complexity index is 645. The molecular weight excluding hydrogens is 342 g/mol. The number of nitrogen functional groups attached to an aromatic ring is 1. The molecule has 4 N–H and O–H groups in total. The van der Waals surface area contributed by atoms with Gasteiger partial charge in [0.25, 0.3) is 0 Å². The molecule has 0 spiro atoms. The van der Waals surface area contributed by atoms with Gasteiger partial charge in [0, 0.05) is 21.5 Å². The Labute approximate surface area is 130 Å². The molecule has 1 heterocycles. The van der Waals surface area contributed by atoms with Gasteiger partial charge < -0.3 is 10.7 Å². The minimum atomic E-state index is 0.451. The number of hydrazine groups is 1. The van der Waals surface area contributed by atoms with Gasteiger partial charge in [-0.2, -0.15) is 0 Å². The maximum atomic E-state index is 6.01. The lowest BCUT2D eigenvalue weighted by Crippen LogP contribution is -2.11. The van der Waals surface area contributed by atoms with Crippen molar-refractivity contribution in [1.29, 1.82) is 0 Å². The zero-order chi connectivity index (χ0) is 14.1. The first-order chi connectivity index (χ1) is 9.65. The van der Waals surface area contributed by atoms with Gasteiger partial charge in [-0.05, 0) is 47.0 Å². The second kappa shape index (κ2) is 5.55. The fourth-order valence-corrected chi connectivity index (χ4v) is 2.38. The summed E-state index contributed by atoms with van der Waals surface area (Å²) in [5, 5.41) is 3.89. The molecule has 3 rings (SSSR count). The number of rotatable bonds is 4. The van der Waals surface area contributed by atoms with E-state index < -0.39 is 0 Å². The first-order valence-electron chi connectivity index (χ1n) is 6.23. The number of hydrogen-bond donors (Lipinski definition) is 3. The molecule has 5 nitrogen and oxygen atoms in total. The van der Waals surface area contributed by atoms with Crippen LogP contribution < -0.4 is 16.6 Å². The van der Waals surface area contributed by atoms with Crippen LogP contribution >= 0.6 is 27.5 Å². The molecule has 1 aliphatic rings. The first-order valence-corrected chi connectivity index (χ1v) is 7.40. The van der Waals surface area contributed by atoms with Crippen LogP contribution in [0.15, 0.2) is 28.7 Å². The maximum absolute atomic E-state index is 6.01. The molecule has 1 aromatic heterocycles. The van der Waals surface area contributed by atoms with Crippen molar-refractivity contribution in [2.45, 2.75) is 18.8 Å². The predicted molar refractivity (Wildman–Crippen MR) is 84.3 cm³/mol. The van der Waals surface area contributed by atoms with Crippen LogP contribution in [0.4, 0.5) is 17.3 Å². The average molecular weight is 355 g/mol. The van der Waals surface area contributed by atoms with Crippen molar-refractivity contribution in [3.05, 3.63) is 39.6 Å². The van der Waals surface area contributed by atoms with E-state index >= 15 is 0 Å². The summed E-state index contributed by atoms with van der Waals surface area (Å²) in [5.74, 6) is 8.02. The summed E-state index contributed by atoms with van der Waals surface area (Å²) in [6.07, 6.45) is 2.27. The maximum Gasteiger partial charge on any atom is 0.145 e. The van der Waals surface area contributed by atoms with E-state index in [0.29, 0.717) is 22.6 Å². The highest BCUT2D eigenvalue weighted by Gasteiger charge is 2.27. The highest BCUT2D eigenvalue weighted by Crippen LogP contribution is 2.39. The van der Waals surface area contributed by atoms with Crippen molar-refractivity contribution in [2.75, 3.05) is 10.7 Å². The number of nitrogens with two attached hydrogens (primary N) is 1. The van der Waals surface area contributed by atoms with E-state index in [-0.39, 0.29) is 0 Å². The lowest BCUT2D eigenvalue weighted by molar-refractivity contribution is 0.929. The van der Waals surface area contributed by atoms with Gasteiger partial charge in [0.15, 0.2) is 0 Å². The SMILES string of the molecule is NNc1cc(Nc2cc(Cl)ccc2Br)nc(C2CC2)n1. The molecular formula is C13H13BrClN5. The van der Waals surface area contributed by atoms with Crippen molar-refractivity contribution in [2.24, 2.45) is 5.84 Å². The van der Waals surface area contributed by atoms with Crippen LogP contribution in [0.2, 0.25) is 5.02 Å². The third-order valence-electron chi connectivity index (χ3n) is 3.02. The average Bonchev–Trinajstić information content (AvgIpc) is 3.27. The van der Waals surface area contributed by atoms with Crippen LogP contribution in [0.1, 0.15) is 24.6 Å². The second-order valence-electron chi connectivity index (χ2n) is 4.66. The molecule has 1 saturated carbocycles. The van der Waals surface area contributed by atoms with E-state index in [1.54, 1.807) is 6.07 Å². The summed E-state index contributed by atoms with van der Waals surface area (Å²) < 4.78 is 0.913. The van der Waals surface area contributed by atoms with E-state index in [9.17, 15) is 0 Å². The highest BCUT2D eigenvalue weighted by atomic mass is 79.9. The molecule has 0 aliphatic heterocycles. The molecule has 1 fully saturated rings. The fourth-order valence-electron chi connectivity index (χ4n) is 1.86. The van der Waals surface area contributed by atoms with Crippen LogP contribution in [-0.2, 0) is 0 Å². The number of anilines is 3. The standard InChI is InChI=1S/C13H13BrClN5/c14-9-4-3-8(15)5-10(9)17-11-6-12(20-16)19-13(18-11)7-1-2-7/h3-7H,1-2,16H2,(H2,17,18,19,20). The minimum absolute atomic E-state index is 0.451. The first kappa shape index (κ1) is 13.6. The molecule has 0 saturated heterocycles. The largest absolute Gasteiger partial charge is 0.339 e. The summed E-state index contributed by atoms with van der Waals surface area (Å²) in [7, 11) is 0. The van der Waals surface area contributed by atoms with Crippen LogP contribution in [0.25, 0.3) is 0 Å². The Hall–Kier alpha value is -1.37. The minimum Gasteiger partial charge on any atom is -0.339 e. The molecule has 104 valence electrons. The lowest BCUT2D eigenvalue weighted by Gasteiger charge is -2.11. The normalized spacial score (nSPS) is 14.2. The predicted octanol–water partition coefficient (Wildman–Crippen LogP) is 3.80. The van der Waals surface area contributed by atoms with Gasteiger partial charge in [-0.3, -0.25) is 0 Å². The summed E-state index contributed by atoms with van der Waals surface area (Å²) in [4.78, 5) is 8.90. The molecule has 0 amide bonds. The Kier molecular flexibility index (Phi) is 3.78. The van der Waals surface area contributed by atoms with E-state index in [0.717, 1.165) is 28.8 Å². The molecule has 1 aliphatic carbocycles. The molecule has 7 heteroatoms. The monoisotopic (exact) mass is 353 g/mol. The lowest BCUT2D eigenvalue weighted by atomic mass is 10.3. The highest BCUT2D eigenvalue weighted by molar-refractivity contribution is 9.10.